The monoisotopic (exact) mass is 544 g/mol. The van der Waals surface area contributed by atoms with Crippen LogP contribution < -0.4 is 20.7 Å². The Kier molecular flexibility index (Phi) is 8.99. The highest BCUT2D eigenvalue weighted by atomic mass is 79.9. The predicted octanol–water partition coefficient (Wildman–Crippen LogP) is 2.35. The average Bonchev–Trinajstić information content (AvgIpc) is 3.21. The maximum absolute atomic E-state index is 12.7. The SMILES string of the molecule is CCCN(CCNS(=O)(=O)C1CCN(C)CC1)c1ccc(Br)c(NC(O)c2coc(N)n2)c1. The highest BCUT2D eigenvalue weighted by Gasteiger charge is 2.28. The summed E-state index contributed by atoms with van der Waals surface area (Å²) in [4.78, 5) is 8.21. The molecule has 5 N–H and O–H groups in total. The number of piperidine rings is 1. The third kappa shape index (κ3) is 7.06. The fourth-order valence-electron chi connectivity index (χ4n) is 3.84. The van der Waals surface area contributed by atoms with Crippen molar-refractivity contribution in [3.8, 4) is 0 Å². The fourth-order valence-corrected chi connectivity index (χ4v) is 5.65. The zero-order valence-corrected chi connectivity index (χ0v) is 21.4. The van der Waals surface area contributed by atoms with Gasteiger partial charge in [-0.3, -0.25) is 0 Å². The minimum absolute atomic E-state index is 0.0181. The lowest BCUT2D eigenvalue weighted by molar-refractivity contribution is 0.203. The molecule has 3 rings (SSSR count). The predicted molar refractivity (Wildman–Crippen MR) is 134 cm³/mol. The van der Waals surface area contributed by atoms with Gasteiger partial charge in [0.2, 0.25) is 10.0 Å². The van der Waals surface area contributed by atoms with Crippen LogP contribution in [0.1, 0.15) is 38.1 Å². The van der Waals surface area contributed by atoms with Gasteiger partial charge in [-0.2, -0.15) is 4.98 Å². The van der Waals surface area contributed by atoms with Crippen LogP contribution in [0.15, 0.2) is 33.4 Å². The summed E-state index contributed by atoms with van der Waals surface area (Å²) in [7, 11) is -1.33. The number of likely N-dealkylation sites (tertiary alicyclic amines) is 1. The van der Waals surface area contributed by atoms with E-state index in [0.717, 1.165) is 36.2 Å². The number of hydrogen-bond donors (Lipinski definition) is 4. The second kappa shape index (κ2) is 11.5. The largest absolute Gasteiger partial charge is 0.432 e. The van der Waals surface area contributed by atoms with Crippen molar-refractivity contribution in [1.82, 2.24) is 14.6 Å². The Morgan fingerprint density at radius 3 is 2.73 bits per heavy atom. The van der Waals surface area contributed by atoms with Crippen molar-refractivity contribution in [2.75, 3.05) is 55.7 Å². The lowest BCUT2D eigenvalue weighted by atomic mass is 10.1. The van der Waals surface area contributed by atoms with E-state index in [1.807, 2.05) is 25.2 Å². The molecule has 1 fully saturated rings. The molecule has 33 heavy (non-hydrogen) atoms. The van der Waals surface area contributed by atoms with Crippen LogP contribution in [0.25, 0.3) is 0 Å². The Bertz CT molecular complexity index is 1010. The van der Waals surface area contributed by atoms with Crippen LogP contribution in [0.4, 0.5) is 17.4 Å². The molecule has 1 aromatic heterocycles. The maximum atomic E-state index is 12.7. The van der Waals surface area contributed by atoms with Crippen LogP contribution in [0.2, 0.25) is 0 Å². The first kappa shape index (κ1) is 25.8. The van der Waals surface area contributed by atoms with Crippen LogP contribution in [0.5, 0.6) is 0 Å². The zero-order chi connectivity index (χ0) is 24.0. The van der Waals surface area contributed by atoms with Crippen LogP contribution in [0.3, 0.4) is 0 Å². The number of aliphatic hydroxyl groups excluding tert-OH is 1. The number of nitrogens with zero attached hydrogens (tertiary/aromatic N) is 3. The summed E-state index contributed by atoms with van der Waals surface area (Å²) in [6.45, 7) is 5.30. The molecule has 12 heteroatoms. The van der Waals surface area contributed by atoms with Gasteiger partial charge >= 0.3 is 0 Å². The molecule has 10 nitrogen and oxygen atoms in total. The second-order valence-electron chi connectivity index (χ2n) is 8.25. The molecule has 0 aliphatic carbocycles. The fraction of sp³-hybridized carbons (Fsp3) is 0.571. The second-order valence-corrected chi connectivity index (χ2v) is 11.2. The Morgan fingerprint density at radius 1 is 1.36 bits per heavy atom. The summed E-state index contributed by atoms with van der Waals surface area (Å²) >= 11 is 3.50. The van der Waals surface area contributed by atoms with Gasteiger partial charge in [0, 0.05) is 29.8 Å². The van der Waals surface area contributed by atoms with Gasteiger partial charge in [-0.15, -0.1) is 0 Å². The number of benzene rings is 1. The van der Waals surface area contributed by atoms with E-state index in [1.54, 1.807) is 0 Å². The van der Waals surface area contributed by atoms with Gasteiger partial charge in [0.1, 0.15) is 12.0 Å². The van der Waals surface area contributed by atoms with E-state index < -0.39 is 16.3 Å². The summed E-state index contributed by atoms with van der Waals surface area (Å²) in [5, 5.41) is 13.1. The minimum Gasteiger partial charge on any atom is -0.432 e. The number of anilines is 3. The number of oxazole rings is 1. The molecule has 0 radical (unpaired) electrons. The number of sulfonamides is 1. The number of rotatable bonds is 11. The number of aliphatic hydroxyl groups is 1. The van der Waals surface area contributed by atoms with E-state index in [4.69, 9.17) is 10.2 Å². The quantitative estimate of drug-likeness (QED) is 0.314. The normalized spacial score (nSPS) is 16.6. The Balaban J connectivity index is 1.64. The molecule has 1 atom stereocenters. The van der Waals surface area contributed by atoms with Crippen molar-refractivity contribution in [2.45, 2.75) is 37.7 Å². The molecule has 0 amide bonds. The molecule has 184 valence electrons. The average molecular weight is 546 g/mol. The summed E-state index contributed by atoms with van der Waals surface area (Å²) in [5.41, 5.74) is 7.33. The van der Waals surface area contributed by atoms with Crippen LogP contribution in [0, 0.1) is 0 Å². The van der Waals surface area contributed by atoms with Crippen molar-refractivity contribution in [3.63, 3.8) is 0 Å². The van der Waals surface area contributed by atoms with Crippen molar-refractivity contribution >= 4 is 43.3 Å². The summed E-state index contributed by atoms with van der Waals surface area (Å²) in [6, 6.07) is 5.72. The zero-order valence-electron chi connectivity index (χ0n) is 19.0. The lowest BCUT2D eigenvalue weighted by Gasteiger charge is -2.29. The smallest absolute Gasteiger partial charge is 0.292 e. The molecule has 1 aliphatic heterocycles. The van der Waals surface area contributed by atoms with E-state index in [9.17, 15) is 13.5 Å². The minimum atomic E-state index is -3.34. The number of nitrogens with two attached hydrogens (primary N) is 1. The van der Waals surface area contributed by atoms with Crippen molar-refractivity contribution in [3.05, 3.63) is 34.6 Å². The number of nitrogens with one attached hydrogen (secondary N) is 2. The topological polar surface area (TPSA) is 137 Å². The first-order valence-electron chi connectivity index (χ1n) is 11.1. The van der Waals surface area contributed by atoms with Gasteiger partial charge in [-0.25, -0.2) is 13.1 Å². The van der Waals surface area contributed by atoms with E-state index in [0.29, 0.717) is 31.6 Å². The number of halogens is 1. The van der Waals surface area contributed by atoms with E-state index in [-0.39, 0.29) is 17.0 Å². The van der Waals surface area contributed by atoms with Crippen LogP contribution in [-0.4, -0.2) is 68.4 Å². The van der Waals surface area contributed by atoms with Crippen molar-refractivity contribution in [2.24, 2.45) is 0 Å². The highest BCUT2D eigenvalue weighted by molar-refractivity contribution is 9.10. The van der Waals surface area contributed by atoms with Gasteiger partial charge in [0.25, 0.3) is 6.01 Å². The summed E-state index contributed by atoms with van der Waals surface area (Å²) in [5.74, 6) is 0. The third-order valence-corrected chi connectivity index (χ3v) is 8.36. The number of nitrogen functional groups attached to an aromatic ring is 1. The molecule has 2 aromatic rings. The molecule has 2 heterocycles. The standard InChI is InChI=1S/C21H33BrN6O4S/c1-3-9-28(12-8-24-33(30,31)16-6-10-27(2)11-7-16)15-4-5-17(22)18(13-15)25-20(29)19-14-32-21(23)26-19/h4-5,13-14,16,20,24-25,29H,3,6-12H2,1-2H3,(H2,23,26). The molecular formula is C21H33BrN6O4S. The highest BCUT2D eigenvalue weighted by Crippen LogP contribution is 2.30. The molecule has 1 aliphatic rings. The Labute approximate surface area is 203 Å². The van der Waals surface area contributed by atoms with Crippen molar-refractivity contribution in [1.29, 1.82) is 0 Å². The molecule has 1 unspecified atom stereocenters. The molecule has 1 aromatic carbocycles. The van der Waals surface area contributed by atoms with Gasteiger partial charge in [-0.05, 0) is 73.5 Å². The number of aromatic nitrogens is 1. The summed E-state index contributed by atoms with van der Waals surface area (Å²) < 4.78 is 33.9. The molecule has 0 saturated carbocycles. The maximum Gasteiger partial charge on any atom is 0.292 e. The van der Waals surface area contributed by atoms with E-state index >= 15 is 0 Å². The van der Waals surface area contributed by atoms with Gasteiger partial charge in [0.15, 0.2) is 6.23 Å². The first-order chi connectivity index (χ1) is 15.7. The molecule has 1 saturated heterocycles. The first-order valence-corrected chi connectivity index (χ1v) is 13.4. The Morgan fingerprint density at radius 2 is 2.09 bits per heavy atom. The van der Waals surface area contributed by atoms with Gasteiger partial charge in [0.05, 0.1) is 10.9 Å². The molecule has 0 bridgehead atoms. The lowest BCUT2D eigenvalue weighted by Crippen LogP contribution is -2.44. The summed E-state index contributed by atoms with van der Waals surface area (Å²) in [6.07, 6.45) is 2.42. The van der Waals surface area contributed by atoms with Gasteiger partial charge < -0.3 is 30.4 Å². The van der Waals surface area contributed by atoms with E-state index in [2.05, 4.69) is 47.7 Å². The van der Waals surface area contributed by atoms with Crippen LogP contribution in [-0.2, 0) is 10.0 Å². The molecule has 0 spiro atoms. The number of hydrogen-bond acceptors (Lipinski definition) is 9. The Hall–Kier alpha value is -1.86. The van der Waals surface area contributed by atoms with Crippen molar-refractivity contribution < 1.29 is 17.9 Å². The van der Waals surface area contributed by atoms with Gasteiger partial charge in [-0.1, -0.05) is 6.92 Å². The van der Waals surface area contributed by atoms with E-state index in [1.165, 1.54) is 6.26 Å². The molecular weight excluding hydrogens is 512 g/mol. The third-order valence-electron chi connectivity index (χ3n) is 5.71. The van der Waals surface area contributed by atoms with Crippen LogP contribution >= 0.6 is 15.9 Å².